The Hall–Kier alpha value is -2.90. The maximum Gasteiger partial charge on any atom is 0.472 e. The quantitative estimate of drug-likeness (QED) is 0.0127. The maximum atomic E-state index is 12.7. The number of carboxylic acids is 1. The van der Waals surface area contributed by atoms with Crippen LogP contribution >= 0.6 is 7.82 Å². The van der Waals surface area contributed by atoms with Crippen LogP contribution in [0.25, 0.3) is 0 Å². The van der Waals surface area contributed by atoms with E-state index < -0.39 is 69.9 Å². The molecule has 5 atom stereocenters. The molecule has 0 aromatic carbocycles. The molecule has 14 heteroatoms. The van der Waals surface area contributed by atoms with E-state index in [1.165, 1.54) is 70.6 Å². The summed E-state index contributed by atoms with van der Waals surface area (Å²) in [6.07, 6.45) is 42.1. The summed E-state index contributed by atoms with van der Waals surface area (Å²) in [7, 11) is -4.78. The summed E-state index contributed by atoms with van der Waals surface area (Å²) in [5.74, 6) is -2.64. The van der Waals surface area contributed by atoms with Crippen LogP contribution in [0.15, 0.2) is 60.8 Å². The Morgan fingerprint density at radius 1 is 0.581 bits per heavy atom. The molecule has 0 fully saturated rings. The highest BCUT2D eigenvalue weighted by Crippen LogP contribution is 2.43. The van der Waals surface area contributed by atoms with Gasteiger partial charge in [-0.2, -0.15) is 0 Å². The molecule has 13 nitrogen and oxygen atoms in total. The van der Waals surface area contributed by atoms with E-state index >= 15 is 0 Å². The van der Waals surface area contributed by atoms with Gasteiger partial charge in [-0.25, -0.2) is 4.57 Å². The number of aliphatic hydroxyl groups excluding tert-OH is 2. The van der Waals surface area contributed by atoms with Crippen LogP contribution in [0.1, 0.15) is 181 Å². The second-order valence-electron chi connectivity index (χ2n) is 15.9. The minimum absolute atomic E-state index is 0.0285. The van der Waals surface area contributed by atoms with Crippen LogP contribution in [0.5, 0.6) is 0 Å². The summed E-state index contributed by atoms with van der Waals surface area (Å²) in [5.41, 5.74) is 5.33. The number of phosphoric ester groups is 1. The number of allylic oxidation sites excluding steroid dienone is 8. The van der Waals surface area contributed by atoms with Crippen molar-refractivity contribution >= 4 is 25.7 Å². The first-order valence-corrected chi connectivity index (χ1v) is 25.0. The third-order valence-corrected chi connectivity index (χ3v) is 10.9. The van der Waals surface area contributed by atoms with Crippen molar-refractivity contribution in [3.05, 3.63) is 60.8 Å². The summed E-state index contributed by atoms with van der Waals surface area (Å²) in [4.78, 5) is 46.1. The molecule has 0 rings (SSSR count). The normalized spacial score (nSPS) is 15.2. The van der Waals surface area contributed by atoms with Gasteiger partial charge in [0, 0.05) is 12.8 Å². The summed E-state index contributed by atoms with van der Waals surface area (Å²) in [6.45, 7) is 2.47. The number of phosphoric acid groups is 1. The van der Waals surface area contributed by atoms with Crippen molar-refractivity contribution in [3.63, 3.8) is 0 Å². The average Bonchev–Trinajstić information content (AvgIpc) is 3.24. The third-order valence-electron chi connectivity index (χ3n) is 9.95. The van der Waals surface area contributed by atoms with Crippen LogP contribution in [0.4, 0.5) is 0 Å². The Labute approximate surface area is 373 Å². The molecule has 6 N–H and O–H groups in total. The minimum Gasteiger partial charge on any atom is -0.480 e. The van der Waals surface area contributed by atoms with Gasteiger partial charge in [-0.1, -0.05) is 171 Å². The zero-order chi connectivity index (χ0) is 45.9. The molecule has 0 aromatic heterocycles. The van der Waals surface area contributed by atoms with Crippen LogP contribution in [-0.2, 0) is 37.5 Å². The molecule has 0 amide bonds. The number of carbonyl (C=O) groups excluding carboxylic acids is 2. The Balaban J connectivity index is 4.53. The first-order valence-electron chi connectivity index (χ1n) is 23.5. The van der Waals surface area contributed by atoms with E-state index in [9.17, 15) is 34.1 Å². The van der Waals surface area contributed by atoms with Crippen molar-refractivity contribution < 1.29 is 57.7 Å². The number of ether oxygens (including phenoxy) is 2. The van der Waals surface area contributed by atoms with Gasteiger partial charge in [0.05, 0.1) is 25.4 Å². The number of hydrogen-bond donors (Lipinski definition) is 5. The fourth-order valence-electron chi connectivity index (χ4n) is 6.16. The highest BCUT2D eigenvalue weighted by molar-refractivity contribution is 7.47. The van der Waals surface area contributed by atoms with Gasteiger partial charge < -0.3 is 35.4 Å². The SMILES string of the molecule is CCCCCCCC/C=C\CCCCCCCCCCCC(=O)O[C@H](COC(=O)CCC[C@@H](O)/C=C/C=C\C/C=C\C=C\[C@@H](O)CCCCC)COP(=O)(O)OC[C@H](N)C(=O)O. The monoisotopic (exact) mass is 898 g/mol. The van der Waals surface area contributed by atoms with E-state index in [4.69, 9.17) is 24.8 Å². The summed E-state index contributed by atoms with van der Waals surface area (Å²) in [6, 6.07) is -1.56. The lowest BCUT2D eigenvalue weighted by Crippen LogP contribution is -2.34. The van der Waals surface area contributed by atoms with Crippen molar-refractivity contribution in [2.45, 2.75) is 205 Å². The van der Waals surface area contributed by atoms with Crippen LogP contribution in [0.2, 0.25) is 0 Å². The number of esters is 2. The Kier molecular flexibility index (Phi) is 40.1. The molecule has 0 saturated heterocycles. The lowest BCUT2D eigenvalue weighted by Gasteiger charge is -2.20. The van der Waals surface area contributed by atoms with E-state index in [-0.39, 0.29) is 12.8 Å². The van der Waals surface area contributed by atoms with Gasteiger partial charge in [-0.05, 0) is 57.8 Å². The molecular weight excluding hydrogens is 813 g/mol. The Morgan fingerprint density at radius 3 is 1.60 bits per heavy atom. The smallest absolute Gasteiger partial charge is 0.472 e. The number of rotatable bonds is 43. The highest BCUT2D eigenvalue weighted by Gasteiger charge is 2.28. The number of carbonyl (C=O) groups is 3. The molecule has 0 saturated carbocycles. The molecule has 62 heavy (non-hydrogen) atoms. The van der Waals surface area contributed by atoms with Crippen LogP contribution in [-0.4, -0.2) is 82.3 Å². The fourth-order valence-corrected chi connectivity index (χ4v) is 6.93. The standard InChI is InChI=1S/C48H84NO12P/c1-3-5-7-8-9-10-11-12-13-14-15-16-17-18-19-20-24-27-31-37-47(53)61-44(40-59-62(56,57)60-41-45(49)48(54)55)39-58-46(52)38-32-36-43(51)35-30-26-23-21-22-25-29-34-42(50)33-28-6-4-2/h12-13,22-23,25-26,29-30,34-35,42-45,50-51H,3-11,14-21,24,27-28,31-33,36-41,49H2,1-2H3,(H,54,55)(H,56,57)/b13-12-,25-22-,26-23-,34-29+,35-30+/t42-,43-,44+,45-/m0/s1. The number of nitrogens with two attached hydrogens (primary N) is 1. The van der Waals surface area contributed by atoms with Crippen LogP contribution < -0.4 is 5.73 Å². The fraction of sp³-hybridized carbons (Fsp3) is 0.729. The summed E-state index contributed by atoms with van der Waals surface area (Å²) in [5, 5.41) is 29.1. The molecule has 0 aliphatic rings. The number of aliphatic carboxylic acids is 1. The summed E-state index contributed by atoms with van der Waals surface area (Å²) < 4.78 is 32.6. The number of aliphatic hydroxyl groups is 2. The first-order chi connectivity index (χ1) is 29.9. The number of unbranched alkanes of at least 4 members (excludes halogenated alkanes) is 17. The largest absolute Gasteiger partial charge is 0.480 e. The molecular formula is C48H84NO12P. The molecule has 358 valence electrons. The molecule has 0 radical (unpaired) electrons. The van der Waals surface area contributed by atoms with E-state index in [0.717, 1.165) is 57.8 Å². The Morgan fingerprint density at radius 2 is 1.05 bits per heavy atom. The van der Waals surface area contributed by atoms with E-state index in [2.05, 4.69) is 30.5 Å². The van der Waals surface area contributed by atoms with Crippen molar-refractivity contribution in [2.24, 2.45) is 5.73 Å². The molecule has 0 aromatic rings. The van der Waals surface area contributed by atoms with Crippen molar-refractivity contribution in [2.75, 3.05) is 19.8 Å². The third kappa shape index (κ3) is 41.1. The van der Waals surface area contributed by atoms with Gasteiger partial charge >= 0.3 is 25.7 Å². The molecule has 1 unspecified atom stereocenters. The zero-order valence-corrected chi connectivity index (χ0v) is 39.1. The molecule has 0 heterocycles. The van der Waals surface area contributed by atoms with Crippen LogP contribution in [0, 0.1) is 0 Å². The van der Waals surface area contributed by atoms with Crippen LogP contribution in [0.3, 0.4) is 0 Å². The lowest BCUT2D eigenvalue weighted by molar-refractivity contribution is -0.161. The number of hydrogen-bond acceptors (Lipinski definition) is 11. The lowest BCUT2D eigenvalue weighted by atomic mass is 10.1. The van der Waals surface area contributed by atoms with E-state index in [1.54, 1.807) is 18.2 Å². The van der Waals surface area contributed by atoms with Gasteiger partial charge in [-0.3, -0.25) is 23.4 Å². The highest BCUT2D eigenvalue weighted by atomic mass is 31.2. The van der Waals surface area contributed by atoms with Gasteiger partial charge in [-0.15, -0.1) is 0 Å². The molecule has 0 bridgehead atoms. The van der Waals surface area contributed by atoms with E-state index in [0.29, 0.717) is 25.7 Å². The van der Waals surface area contributed by atoms with Crippen molar-refractivity contribution in [1.82, 2.24) is 0 Å². The second kappa shape index (κ2) is 42.1. The van der Waals surface area contributed by atoms with Gasteiger partial charge in [0.25, 0.3) is 0 Å². The van der Waals surface area contributed by atoms with Gasteiger partial charge in [0.15, 0.2) is 6.10 Å². The van der Waals surface area contributed by atoms with Gasteiger partial charge in [0.2, 0.25) is 0 Å². The predicted molar refractivity (Wildman–Crippen MR) is 247 cm³/mol. The first kappa shape index (κ1) is 59.1. The minimum atomic E-state index is -4.78. The number of carboxylic acid groups (broad SMARTS) is 1. The molecule has 0 spiro atoms. The van der Waals surface area contributed by atoms with E-state index in [1.807, 2.05) is 30.4 Å². The molecule has 0 aliphatic carbocycles. The van der Waals surface area contributed by atoms with Crippen molar-refractivity contribution in [1.29, 1.82) is 0 Å². The zero-order valence-electron chi connectivity index (χ0n) is 38.2. The topological polar surface area (TPSA) is 212 Å². The predicted octanol–water partition coefficient (Wildman–Crippen LogP) is 10.7. The second-order valence-corrected chi connectivity index (χ2v) is 17.4. The van der Waals surface area contributed by atoms with Crippen molar-refractivity contribution in [3.8, 4) is 0 Å². The average molecular weight is 898 g/mol. The summed E-state index contributed by atoms with van der Waals surface area (Å²) >= 11 is 0. The molecule has 0 aliphatic heterocycles. The Bertz CT molecular complexity index is 1320. The van der Waals surface area contributed by atoms with Gasteiger partial charge in [0.1, 0.15) is 12.6 Å². The maximum absolute atomic E-state index is 12.7.